The van der Waals surface area contributed by atoms with Crippen molar-refractivity contribution in [3.8, 4) is 17.2 Å². The summed E-state index contributed by atoms with van der Waals surface area (Å²) in [5.74, 6) is 2.30. The Bertz CT molecular complexity index is 728. The van der Waals surface area contributed by atoms with Crippen molar-refractivity contribution >= 4 is 5.91 Å². The number of benzene rings is 2. The van der Waals surface area contributed by atoms with Gasteiger partial charge < -0.3 is 19.5 Å². The van der Waals surface area contributed by atoms with Crippen LogP contribution in [0.4, 0.5) is 0 Å². The second-order valence-corrected chi connectivity index (χ2v) is 6.64. The summed E-state index contributed by atoms with van der Waals surface area (Å²) in [6, 6.07) is 14.0. The molecule has 0 spiro atoms. The minimum Gasteiger partial charge on any atom is -0.494 e. The summed E-state index contributed by atoms with van der Waals surface area (Å²) >= 11 is 0. The third-order valence-electron chi connectivity index (χ3n) is 4.46. The van der Waals surface area contributed by atoms with Crippen LogP contribution in [0.1, 0.15) is 37.3 Å². The number of aryl methyl sites for hydroxylation is 1. The van der Waals surface area contributed by atoms with E-state index in [1.807, 2.05) is 30.3 Å². The third-order valence-corrected chi connectivity index (χ3v) is 4.46. The highest BCUT2D eigenvalue weighted by atomic mass is 16.5. The van der Waals surface area contributed by atoms with Crippen LogP contribution in [0.25, 0.3) is 0 Å². The average molecular weight is 386 g/mol. The lowest BCUT2D eigenvalue weighted by molar-refractivity contribution is -0.121. The van der Waals surface area contributed by atoms with E-state index >= 15 is 0 Å². The van der Waals surface area contributed by atoms with E-state index in [9.17, 15) is 4.79 Å². The molecular formula is C23H31NO4. The predicted octanol–water partition coefficient (Wildman–Crippen LogP) is 4.17. The largest absolute Gasteiger partial charge is 0.494 e. The van der Waals surface area contributed by atoms with Gasteiger partial charge in [-0.15, -0.1) is 0 Å². The van der Waals surface area contributed by atoms with Gasteiger partial charge in [0.25, 0.3) is 0 Å². The molecule has 0 aliphatic heterocycles. The van der Waals surface area contributed by atoms with Crippen LogP contribution in [0.15, 0.2) is 42.5 Å². The van der Waals surface area contributed by atoms with E-state index in [0.717, 1.165) is 30.6 Å². The highest BCUT2D eigenvalue weighted by Crippen LogP contribution is 2.27. The lowest BCUT2D eigenvalue weighted by atomic mass is 10.1. The molecule has 0 saturated heterocycles. The number of hydrogen-bond donors (Lipinski definition) is 1. The lowest BCUT2D eigenvalue weighted by Gasteiger charge is -2.10. The summed E-state index contributed by atoms with van der Waals surface area (Å²) in [6.45, 7) is 3.30. The van der Waals surface area contributed by atoms with Gasteiger partial charge in [0.1, 0.15) is 5.75 Å². The zero-order valence-corrected chi connectivity index (χ0v) is 17.1. The normalized spacial score (nSPS) is 10.4. The van der Waals surface area contributed by atoms with Gasteiger partial charge in [0.05, 0.1) is 20.8 Å². The maximum Gasteiger partial charge on any atom is 0.220 e. The van der Waals surface area contributed by atoms with Crippen molar-refractivity contribution in [1.29, 1.82) is 0 Å². The Morgan fingerprint density at radius 3 is 2.32 bits per heavy atom. The number of methoxy groups -OCH3 is 2. The summed E-state index contributed by atoms with van der Waals surface area (Å²) < 4.78 is 16.2. The zero-order chi connectivity index (χ0) is 20.2. The molecule has 0 aliphatic carbocycles. The van der Waals surface area contributed by atoms with E-state index in [1.165, 1.54) is 5.56 Å². The fraction of sp³-hybridized carbons (Fsp3) is 0.435. The van der Waals surface area contributed by atoms with E-state index in [-0.39, 0.29) is 5.91 Å². The molecule has 152 valence electrons. The van der Waals surface area contributed by atoms with Gasteiger partial charge in [-0.25, -0.2) is 0 Å². The smallest absolute Gasteiger partial charge is 0.220 e. The number of amides is 1. The maximum atomic E-state index is 12.0. The molecular weight excluding hydrogens is 354 g/mol. The number of ether oxygens (including phenoxy) is 3. The van der Waals surface area contributed by atoms with Crippen LogP contribution in [0.3, 0.4) is 0 Å². The van der Waals surface area contributed by atoms with Crippen LogP contribution in [0.2, 0.25) is 0 Å². The summed E-state index contributed by atoms with van der Waals surface area (Å²) in [5.41, 5.74) is 2.41. The van der Waals surface area contributed by atoms with Crippen molar-refractivity contribution in [3.05, 3.63) is 53.6 Å². The second-order valence-electron chi connectivity index (χ2n) is 6.64. The Morgan fingerprint density at radius 2 is 1.64 bits per heavy atom. The van der Waals surface area contributed by atoms with Crippen LogP contribution in [-0.4, -0.2) is 33.3 Å². The monoisotopic (exact) mass is 385 g/mol. The quantitative estimate of drug-likeness (QED) is 0.557. The minimum absolute atomic E-state index is 0.0439. The van der Waals surface area contributed by atoms with Gasteiger partial charge in [-0.05, 0) is 54.7 Å². The first kappa shape index (κ1) is 21.6. The predicted molar refractivity (Wildman–Crippen MR) is 111 cm³/mol. The summed E-state index contributed by atoms with van der Waals surface area (Å²) in [5, 5.41) is 2.95. The third kappa shape index (κ3) is 7.14. The number of rotatable bonds is 12. The molecule has 0 unspecified atom stereocenters. The van der Waals surface area contributed by atoms with Crippen molar-refractivity contribution in [2.75, 3.05) is 27.4 Å². The van der Waals surface area contributed by atoms with Gasteiger partial charge in [-0.2, -0.15) is 0 Å². The molecule has 2 aromatic carbocycles. The van der Waals surface area contributed by atoms with Gasteiger partial charge in [-0.1, -0.05) is 31.5 Å². The molecule has 1 amide bonds. The number of hydrogen-bond acceptors (Lipinski definition) is 4. The molecule has 1 N–H and O–H groups in total. The molecule has 0 heterocycles. The summed E-state index contributed by atoms with van der Waals surface area (Å²) in [6.07, 6.45) is 4.12. The molecule has 0 saturated carbocycles. The van der Waals surface area contributed by atoms with Crippen LogP contribution in [0.5, 0.6) is 17.2 Å². The fourth-order valence-electron chi connectivity index (χ4n) is 2.93. The first-order chi connectivity index (χ1) is 13.7. The van der Waals surface area contributed by atoms with E-state index in [0.29, 0.717) is 37.5 Å². The molecule has 5 nitrogen and oxygen atoms in total. The molecule has 28 heavy (non-hydrogen) atoms. The van der Waals surface area contributed by atoms with Gasteiger partial charge in [0.2, 0.25) is 5.91 Å². The van der Waals surface area contributed by atoms with E-state index in [1.54, 1.807) is 14.2 Å². The molecule has 5 heteroatoms. The Morgan fingerprint density at radius 1 is 0.929 bits per heavy atom. The number of nitrogens with one attached hydrogen (secondary N) is 1. The van der Waals surface area contributed by atoms with Crippen LogP contribution < -0.4 is 19.5 Å². The molecule has 2 rings (SSSR count). The van der Waals surface area contributed by atoms with Gasteiger partial charge >= 0.3 is 0 Å². The minimum atomic E-state index is 0.0439. The second kappa shape index (κ2) is 11.9. The summed E-state index contributed by atoms with van der Waals surface area (Å²) in [7, 11) is 3.23. The number of carbonyl (C=O) groups is 1. The van der Waals surface area contributed by atoms with Crippen LogP contribution in [-0.2, 0) is 17.6 Å². The maximum absolute atomic E-state index is 12.0. The van der Waals surface area contributed by atoms with Crippen molar-refractivity contribution < 1.29 is 19.0 Å². The first-order valence-corrected chi connectivity index (χ1v) is 9.85. The van der Waals surface area contributed by atoms with Crippen LogP contribution in [0, 0.1) is 0 Å². The standard InChI is InChI=1S/C23H31NO4/c1-4-6-18-8-11-20(12-9-18)28-16-5-7-23(25)24-15-14-19-10-13-21(26-2)22(17-19)27-3/h8-13,17H,4-7,14-16H2,1-3H3,(H,24,25). The Kier molecular flexibility index (Phi) is 9.19. The van der Waals surface area contributed by atoms with E-state index in [2.05, 4.69) is 24.4 Å². The molecule has 2 aromatic rings. The fourth-order valence-corrected chi connectivity index (χ4v) is 2.93. The molecule has 0 aliphatic rings. The van der Waals surface area contributed by atoms with Crippen molar-refractivity contribution in [2.24, 2.45) is 0 Å². The SMILES string of the molecule is CCCc1ccc(OCCCC(=O)NCCc2ccc(OC)c(OC)c2)cc1. The van der Waals surface area contributed by atoms with Crippen molar-refractivity contribution in [2.45, 2.75) is 39.0 Å². The Labute approximate surface area is 168 Å². The van der Waals surface area contributed by atoms with E-state index < -0.39 is 0 Å². The van der Waals surface area contributed by atoms with E-state index in [4.69, 9.17) is 14.2 Å². The average Bonchev–Trinajstić information content (AvgIpc) is 2.72. The molecule has 0 atom stereocenters. The van der Waals surface area contributed by atoms with Gasteiger partial charge in [-0.3, -0.25) is 4.79 Å². The highest BCUT2D eigenvalue weighted by Gasteiger charge is 2.06. The van der Waals surface area contributed by atoms with Gasteiger partial charge in [0.15, 0.2) is 11.5 Å². The van der Waals surface area contributed by atoms with Crippen molar-refractivity contribution in [1.82, 2.24) is 5.32 Å². The molecule has 0 bridgehead atoms. The zero-order valence-electron chi connectivity index (χ0n) is 17.1. The lowest BCUT2D eigenvalue weighted by Crippen LogP contribution is -2.25. The Balaban J connectivity index is 1.62. The van der Waals surface area contributed by atoms with Crippen LogP contribution >= 0.6 is 0 Å². The Hall–Kier alpha value is -2.69. The van der Waals surface area contributed by atoms with Crippen molar-refractivity contribution in [3.63, 3.8) is 0 Å². The van der Waals surface area contributed by atoms with Gasteiger partial charge in [0, 0.05) is 13.0 Å². The first-order valence-electron chi connectivity index (χ1n) is 9.85. The topological polar surface area (TPSA) is 56.8 Å². The molecule has 0 radical (unpaired) electrons. The molecule has 0 aromatic heterocycles. The number of carbonyl (C=O) groups excluding carboxylic acids is 1. The highest BCUT2D eigenvalue weighted by molar-refractivity contribution is 5.75. The summed E-state index contributed by atoms with van der Waals surface area (Å²) in [4.78, 5) is 12.0. The molecule has 0 fully saturated rings.